The molecular weight excluding hydrogens is 172 g/mol. The molecule has 0 aromatic carbocycles. The predicted octanol–water partition coefficient (Wildman–Crippen LogP) is 3.55. The first-order valence-electron chi connectivity index (χ1n) is 5.56. The third kappa shape index (κ3) is 3.98. The summed E-state index contributed by atoms with van der Waals surface area (Å²) in [6.45, 7) is 8.19. The summed E-state index contributed by atoms with van der Waals surface area (Å²) in [6, 6.07) is 0. The van der Waals surface area contributed by atoms with E-state index in [4.69, 9.17) is 11.2 Å². The molecule has 0 amide bonds. The Labute approximate surface area is 88.5 Å². The summed E-state index contributed by atoms with van der Waals surface area (Å²) in [5.74, 6) is 2.78. The highest BCUT2D eigenvalue weighted by atomic mass is 16.5. The Morgan fingerprint density at radius 2 is 1.93 bits per heavy atom. The lowest BCUT2D eigenvalue weighted by molar-refractivity contribution is -0.0105. The van der Waals surface area contributed by atoms with Gasteiger partial charge in [-0.15, -0.1) is 13.0 Å². The molecule has 1 saturated carbocycles. The summed E-state index contributed by atoms with van der Waals surface area (Å²) in [5, 5.41) is 0. The van der Waals surface area contributed by atoms with Crippen molar-refractivity contribution in [3.05, 3.63) is 12.7 Å². The third-order valence-corrected chi connectivity index (χ3v) is 2.40. The summed E-state index contributed by atoms with van der Waals surface area (Å²) in [6.07, 6.45) is 12.9. The Morgan fingerprint density at radius 3 is 2.36 bits per heavy atom. The van der Waals surface area contributed by atoms with E-state index in [9.17, 15) is 0 Å². The van der Waals surface area contributed by atoms with Gasteiger partial charge in [0, 0.05) is 0 Å². The van der Waals surface area contributed by atoms with Gasteiger partial charge in [0.15, 0.2) is 0 Å². The molecule has 0 atom stereocenters. The zero-order valence-corrected chi connectivity index (χ0v) is 9.51. The average molecular weight is 194 g/mol. The molecule has 0 unspecified atom stereocenters. The molecule has 0 N–H and O–H groups in total. The van der Waals surface area contributed by atoms with Crippen LogP contribution < -0.4 is 0 Å². The normalized spacial score (nSPS) is 18.6. The molecule has 0 bridgehead atoms. The maximum Gasteiger partial charge on any atom is 0.128 e. The van der Waals surface area contributed by atoms with Crippen molar-refractivity contribution in [1.82, 2.24) is 0 Å². The fourth-order valence-electron chi connectivity index (χ4n) is 1.67. The number of terminal acetylenes is 1. The highest BCUT2D eigenvalue weighted by molar-refractivity contribution is 5.10. The summed E-state index contributed by atoms with van der Waals surface area (Å²) in [4.78, 5) is 0. The number of rotatable bonds is 3. The predicted molar refractivity (Wildman–Crippen MR) is 62.1 cm³/mol. The van der Waals surface area contributed by atoms with E-state index in [1.807, 2.05) is 13.8 Å². The van der Waals surface area contributed by atoms with Crippen molar-refractivity contribution in [2.45, 2.75) is 51.6 Å². The van der Waals surface area contributed by atoms with Crippen LogP contribution in [0.15, 0.2) is 12.7 Å². The van der Waals surface area contributed by atoms with E-state index in [1.54, 1.807) is 6.08 Å². The van der Waals surface area contributed by atoms with Crippen LogP contribution in [0.4, 0.5) is 0 Å². The monoisotopic (exact) mass is 194 g/mol. The maximum atomic E-state index is 5.61. The fourth-order valence-corrected chi connectivity index (χ4v) is 1.67. The smallest absolute Gasteiger partial charge is 0.128 e. The zero-order chi connectivity index (χ0) is 10.9. The van der Waals surface area contributed by atoms with Crippen LogP contribution >= 0.6 is 0 Å². The maximum absolute atomic E-state index is 5.61. The minimum Gasteiger partial charge on any atom is -0.358 e. The van der Waals surface area contributed by atoms with E-state index >= 15 is 0 Å². The van der Waals surface area contributed by atoms with E-state index in [0.29, 0.717) is 6.61 Å². The first-order valence-corrected chi connectivity index (χ1v) is 5.56. The molecule has 1 fully saturated rings. The van der Waals surface area contributed by atoms with Gasteiger partial charge in [0.2, 0.25) is 0 Å². The van der Waals surface area contributed by atoms with Gasteiger partial charge in [-0.2, -0.15) is 0 Å². The molecule has 1 rings (SSSR count). The minimum absolute atomic E-state index is 0.271. The Bertz CT molecular complexity index is 182. The van der Waals surface area contributed by atoms with Crippen molar-refractivity contribution in [3.63, 3.8) is 0 Å². The lowest BCUT2D eigenvalue weighted by atomic mass is 9.85. The highest BCUT2D eigenvalue weighted by Gasteiger charge is 2.29. The van der Waals surface area contributed by atoms with Crippen LogP contribution in [0.5, 0.6) is 0 Å². The number of ether oxygens (including phenoxy) is 1. The zero-order valence-electron chi connectivity index (χ0n) is 9.51. The summed E-state index contributed by atoms with van der Waals surface area (Å²) < 4.78 is 5.61. The van der Waals surface area contributed by atoms with E-state index < -0.39 is 0 Å². The van der Waals surface area contributed by atoms with Gasteiger partial charge >= 0.3 is 0 Å². The number of hydrogen-bond donors (Lipinski definition) is 0. The van der Waals surface area contributed by atoms with Gasteiger partial charge in [0.25, 0.3) is 0 Å². The molecule has 1 aliphatic carbocycles. The van der Waals surface area contributed by atoms with Gasteiger partial charge in [-0.25, -0.2) is 0 Å². The van der Waals surface area contributed by atoms with Crippen LogP contribution in [0.25, 0.3) is 0 Å². The van der Waals surface area contributed by atoms with Crippen molar-refractivity contribution < 1.29 is 4.74 Å². The summed E-state index contributed by atoms with van der Waals surface area (Å²) >= 11 is 0. The molecule has 0 heterocycles. The van der Waals surface area contributed by atoms with Gasteiger partial charge < -0.3 is 4.74 Å². The lowest BCUT2D eigenvalue weighted by Gasteiger charge is -2.31. The van der Waals surface area contributed by atoms with Crippen LogP contribution in [0.2, 0.25) is 0 Å². The molecule has 1 nitrogen and oxygen atoms in total. The molecule has 0 saturated heterocycles. The van der Waals surface area contributed by atoms with Crippen LogP contribution in [-0.2, 0) is 4.74 Å². The molecule has 0 spiro atoms. The van der Waals surface area contributed by atoms with E-state index in [2.05, 4.69) is 12.5 Å². The second kappa shape index (κ2) is 7.64. The second-order valence-corrected chi connectivity index (χ2v) is 3.30. The van der Waals surface area contributed by atoms with Crippen LogP contribution in [-0.4, -0.2) is 12.2 Å². The van der Waals surface area contributed by atoms with Crippen LogP contribution in [0.1, 0.15) is 46.0 Å². The molecule has 1 aliphatic rings. The average Bonchev–Trinajstić information content (AvgIpc) is 2.30. The second-order valence-electron chi connectivity index (χ2n) is 3.30. The standard InChI is InChI=1S/C11H16O.C2H6/c1-3-10-12-11(4-2)8-6-5-7-9-11;1-2/h2-3H,1,5-10H2;1-2H3. The fraction of sp³-hybridized carbons (Fsp3) is 0.692. The van der Waals surface area contributed by atoms with E-state index in [1.165, 1.54) is 19.3 Å². The highest BCUT2D eigenvalue weighted by Crippen LogP contribution is 2.30. The van der Waals surface area contributed by atoms with Crippen molar-refractivity contribution >= 4 is 0 Å². The van der Waals surface area contributed by atoms with Crippen molar-refractivity contribution in [1.29, 1.82) is 0 Å². The van der Waals surface area contributed by atoms with Crippen LogP contribution in [0.3, 0.4) is 0 Å². The van der Waals surface area contributed by atoms with Crippen molar-refractivity contribution in [2.75, 3.05) is 6.61 Å². The van der Waals surface area contributed by atoms with Gasteiger partial charge in [-0.1, -0.05) is 32.3 Å². The van der Waals surface area contributed by atoms with E-state index in [-0.39, 0.29) is 5.60 Å². The molecule has 1 heteroatoms. The Kier molecular flexibility index (Phi) is 7.24. The Hall–Kier alpha value is -0.740. The molecule has 14 heavy (non-hydrogen) atoms. The first-order chi connectivity index (χ1) is 6.83. The lowest BCUT2D eigenvalue weighted by Crippen LogP contribution is -2.33. The van der Waals surface area contributed by atoms with Crippen LogP contribution in [0, 0.1) is 12.3 Å². The van der Waals surface area contributed by atoms with Crippen molar-refractivity contribution in [3.8, 4) is 12.3 Å². The largest absolute Gasteiger partial charge is 0.358 e. The van der Waals surface area contributed by atoms with Gasteiger partial charge in [0.05, 0.1) is 6.61 Å². The minimum atomic E-state index is -0.271. The van der Waals surface area contributed by atoms with Gasteiger partial charge in [0.1, 0.15) is 5.60 Å². The quantitative estimate of drug-likeness (QED) is 0.493. The molecular formula is C13H22O. The Morgan fingerprint density at radius 1 is 1.36 bits per heavy atom. The van der Waals surface area contributed by atoms with Gasteiger partial charge in [-0.3, -0.25) is 0 Å². The summed E-state index contributed by atoms with van der Waals surface area (Å²) in [7, 11) is 0. The molecule has 80 valence electrons. The van der Waals surface area contributed by atoms with E-state index in [0.717, 1.165) is 12.8 Å². The molecule has 0 aliphatic heterocycles. The molecule has 0 aromatic rings. The first kappa shape index (κ1) is 13.3. The van der Waals surface area contributed by atoms with Crippen molar-refractivity contribution in [2.24, 2.45) is 0 Å². The number of hydrogen-bond acceptors (Lipinski definition) is 1. The summed E-state index contributed by atoms with van der Waals surface area (Å²) in [5.41, 5.74) is -0.271. The third-order valence-electron chi connectivity index (χ3n) is 2.40. The molecule has 0 radical (unpaired) electrons. The SMILES string of the molecule is C#CC1(OCC=C)CCCCC1.CC. The Balaban J connectivity index is 0.000000791. The van der Waals surface area contributed by atoms with Gasteiger partial charge in [-0.05, 0) is 25.7 Å². The molecule has 0 aromatic heterocycles. The topological polar surface area (TPSA) is 9.23 Å².